The maximum atomic E-state index is 5.93. The fourth-order valence-electron chi connectivity index (χ4n) is 3.20. The van der Waals surface area contributed by atoms with Gasteiger partial charge in [0.2, 0.25) is 0 Å². The fraction of sp³-hybridized carbons (Fsp3) is 1.00. The molecule has 3 fully saturated rings. The first kappa shape index (κ1) is 9.99. The Labute approximate surface area is 89.9 Å². The third-order valence-corrected chi connectivity index (χ3v) is 4.00. The van der Waals surface area contributed by atoms with Crippen LogP contribution < -0.4 is 22.1 Å². The molecule has 0 radical (unpaired) electrons. The van der Waals surface area contributed by atoms with Gasteiger partial charge in [-0.25, -0.2) is 0 Å². The van der Waals surface area contributed by atoms with E-state index in [-0.39, 0.29) is 24.8 Å². The Hall–Kier alpha value is -0.200. The van der Waals surface area contributed by atoms with Gasteiger partial charge in [0.25, 0.3) is 0 Å². The second-order valence-electron chi connectivity index (χ2n) is 5.01. The average molecular weight is 212 g/mol. The highest BCUT2D eigenvalue weighted by Crippen LogP contribution is 2.40. The minimum atomic E-state index is 0.0973. The molecule has 3 aliphatic heterocycles. The van der Waals surface area contributed by atoms with Gasteiger partial charge in [-0.1, -0.05) is 0 Å². The van der Waals surface area contributed by atoms with Crippen molar-refractivity contribution in [3.63, 3.8) is 0 Å². The number of nitrogens with two attached hydrogens (primary N) is 2. The van der Waals surface area contributed by atoms with Crippen molar-refractivity contribution in [2.45, 2.75) is 50.5 Å². The Morgan fingerprint density at radius 2 is 1.27 bits per heavy atom. The normalized spacial score (nSPS) is 54.8. The van der Waals surface area contributed by atoms with Crippen molar-refractivity contribution in [3.8, 4) is 0 Å². The van der Waals surface area contributed by atoms with Crippen LogP contribution in [0, 0.1) is 11.8 Å². The third-order valence-electron chi connectivity index (χ3n) is 4.00. The summed E-state index contributed by atoms with van der Waals surface area (Å²) in [5.41, 5.74) is 11.7. The van der Waals surface area contributed by atoms with Gasteiger partial charge < -0.3 is 16.2 Å². The smallest absolute Gasteiger partial charge is 0.114 e. The Kier molecular flexibility index (Phi) is 2.45. The lowest BCUT2D eigenvalue weighted by molar-refractivity contribution is -0.0322. The summed E-state index contributed by atoms with van der Waals surface area (Å²) < 4.78 is 5.93. The predicted octanol–water partition coefficient (Wildman–Crippen LogP) is -0.762. The SMILES string of the molecule is NC1CCC2C(N1)OC1NC(N)CCC12. The molecule has 5 nitrogen and oxygen atoms in total. The number of hydrogen-bond donors (Lipinski definition) is 4. The lowest BCUT2D eigenvalue weighted by Crippen LogP contribution is -2.51. The lowest BCUT2D eigenvalue weighted by Gasteiger charge is -2.34. The van der Waals surface area contributed by atoms with E-state index >= 15 is 0 Å². The Morgan fingerprint density at radius 1 is 0.800 bits per heavy atom. The summed E-state index contributed by atoms with van der Waals surface area (Å²) in [4.78, 5) is 0. The van der Waals surface area contributed by atoms with E-state index in [2.05, 4.69) is 10.6 Å². The van der Waals surface area contributed by atoms with Crippen molar-refractivity contribution in [2.75, 3.05) is 0 Å². The molecule has 6 N–H and O–H groups in total. The minimum Gasteiger partial charge on any atom is -0.345 e. The lowest BCUT2D eigenvalue weighted by atomic mass is 9.81. The molecule has 0 spiro atoms. The molecule has 0 aromatic heterocycles. The molecule has 0 aromatic rings. The maximum Gasteiger partial charge on any atom is 0.114 e. The van der Waals surface area contributed by atoms with E-state index in [4.69, 9.17) is 16.2 Å². The standard InChI is InChI=1S/C10H20N4O/c11-7-3-1-5-6-2-4-8(12)14-10(6)15-9(5)13-7/h5-10,13-14H,1-4,11-12H2. The summed E-state index contributed by atoms with van der Waals surface area (Å²) in [6.45, 7) is 0. The highest BCUT2D eigenvalue weighted by Gasteiger charge is 2.48. The van der Waals surface area contributed by atoms with Gasteiger partial charge in [-0.15, -0.1) is 0 Å². The van der Waals surface area contributed by atoms with Gasteiger partial charge in [0.15, 0.2) is 0 Å². The van der Waals surface area contributed by atoms with E-state index in [1.807, 2.05) is 0 Å². The zero-order valence-electron chi connectivity index (χ0n) is 8.86. The van der Waals surface area contributed by atoms with Gasteiger partial charge in [-0.3, -0.25) is 10.6 Å². The molecule has 5 heteroatoms. The molecule has 0 saturated carbocycles. The molecule has 0 aliphatic carbocycles. The van der Waals surface area contributed by atoms with Crippen LogP contribution in [0.3, 0.4) is 0 Å². The summed E-state index contributed by atoms with van der Waals surface area (Å²) in [5.74, 6) is 1.24. The third kappa shape index (κ3) is 1.68. The average Bonchev–Trinajstić information content (AvgIpc) is 2.53. The van der Waals surface area contributed by atoms with Crippen LogP contribution in [0.1, 0.15) is 25.7 Å². The van der Waals surface area contributed by atoms with Crippen molar-refractivity contribution in [2.24, 2.45) is 23.3 Å². The summed E-state index contributed by atoms with van der Waals surface area (Å²) in [6, 6.07) is 0. The molecule has 3 rings (SSSR count). The van der Waals surface area contributed by atoms with Crippen molar-refractivity contribution in [3.05, 3.63) is 0 Å². The van der Waals surface area contributed by atoms with E-state index < -0.39 is 0 Å². The monoisotopic (exact) mass is 212 g/mol. The van der Waals surface area contributed by atoms with Crippen LogP contribution in [0.25, 0.3) is 0 Å². The molecular weight excluding hydrogens is 192 g/mol. The fourth-order valence-corrected chi connectivity index (χ4v) is 3.20. The van der Waals surface area contributed by atoms with Crippen LogP contribution in [0.5, 0.6) is 0 Å². The molecule has 6 atom stereocenters. The van der Waals surface area contributed by atoms with Crippen molar-refractivity contribution in [1.82, 2.24) is 10.6 Å². The molecule has 0 aromatic carbocycles. The van der Waals surface area contributed by atoms with Gasteiger partial charge >= 0.3 is 0 Å². The van der Waals surface area contributed by atoms with Crippen LogP contribution in [0.15, 0.2) is 0 Å². The van der Waals surface area contributed by atoms with E-state index in [1.54, 1.807) is 0 Å². The molecule has 0 amide bonds. The Bertz CT molecular complexity index is 226. The molecule has 3 heterocycles. The molecule has 15 heavy (non-hydrogen) atoms. The second kappa shape index (κ2) is 3.68. The largest absolute Gasteiger partial charge is 0.345 e. The first-order chi connectivity index (χ1) is 7.24. The summed E-state index contributed by atoms with van der Waals surface area (Å²) in [7, 11) is 0. The zero-order valence-corrected chi connectivity index (χ0v) is 8.86. The van der Waals surface area contributed by atoms with Crippen LogP contribution in [0.4, 0.5) is 0 Å². The molecule has 0 bridgehead atoms. The predicted molar refractivity (Wildman–Crippen MR) is 56.3 cm³/mol. The summed E-state index contributed by atoms with van der Waals surface area (Å²) in [6.07, 6.45) is 4.94. The van der Waals surface area contributed by atoms with Gasteiger partial charge in [0, 0.05) is 11.8 Å². The van der Waals surface area contributed by atoms with Crippen LogP contribution >= 0.6 is 0 Å². The molecule has 6 unspecified atom stereocenters. The topological polar surface area (TPSA) is 85.3 Å². The first-order valence-electron chi connectivity index (χ1n) is 5.93. The maximum absolute atomic E-state index is 5.93. The number of ether oxygens (including phenoxy) is 1. The second-order valence-corrected chi connectivity index (χ2v) is 5.01. The van der Waals surface area contributed by atoms with E-state index in [9.17, 15) is 0 Å². The molecular formula is C10H20N4O. The highest BCUT2D eigenvalue weighted by atomic mass is 16.5. The quantitative estimate of drug-likeness (QED) is 0.424. The number of fused-ring (bicyclic) bond motifs is 3. The Balaban J connectivity index is 1.72. The minimum absolute atomic E-state index is 0.0973. The first-order valence-corrected chi connectivity index (χ1v) is 5.93. The van der Waals surface area contributed by atoms with Crippen molar-refractivity contribution < 1.29 is 4.74 Å². The van der Waals surface area contributed by atoms with E-state index in [0.29, 0.717) is 11.8 Å². The van der Waals surface area contributed by atoms with Gasteiger partial charge in [0.05, 0.1) is 12.3 Å². The van der Waals surface area contributed by atoms with Gasteiger partial charge in [0.1, 0.15) is 12.5 Å². The van der Waals surface area contributed by atoms with Crippen LogP contribution in [-0.4, -0.2) is 24.8 Å². The van der Waals surface area contributed by atoms with Crippen molar-refractivity contribution >= 4 is 0 Å². The van der Waals surface area contributed by atoms with Crippen LogP contribution in [-0.2, 0) is 4.74 Å². The van der Waals surface area contributed by atoms with Gasteiger partial charge in [-0.2, -0.15) is 0 Å². The Morgan fingerprint density at radius 3 is 1.73 bits per heavy atom. The van der Waals surface area contributed by atoms with Crippen molar-refractivity contribution in [1.29, 1.82) is 0 Å². The highest BCUT2D eigenvalue weighted by molar-refractivity contribution is 4.95. The number of nitrogens with one attached hydrogen (secondary N) is 2. The van der Waals surface area contributed by atoms with Gasteiger partial charge in [-0.05, 0) is 25.7 Å². The number of piperidine rings is 2. The number of rotatable bonds is 0. The summed E-state index contributed by atoms with van der Waals surface area (Å²) in [5, 5.41) is 6.65. The van der Waals surface area contributed by atoms with Crippen LogP contribution in [0.2, 0.25) is 0 Å². The van der Waals surface area contributed by atoms with E-state index in [1.165, 1.54) is 12.8 Å². The molecule has 86 valence electrons. The van der Waals surface area contributed by atoms with E-state index in [0.717, 1.165) is 12.8 Å². The molecule has 3 aliphatic rings. The molecule has 3 saturated heterocycles. The zero-order chi connectivity index (χ0) is 10.4. The number of hydrogen-bond acceptors (Lipinski definition) is 5. The summed E-state index contributed by atoms with van der Waals surface area (Å²) >= 11 is 0.